The van der Waals surface area contributed by atoms with Crippen LogP contribution in [0.2, 0.25) is 0 Å². The minimum absolute atomic E-state index is 0.0546. The third-order valence-electron chi connectivity index (χ3n) is 4.91. The van der Waals surface area contributed by atoms with Crippen molar-refractivity contribution in [1.29, 1.82) is 0 Å². The summed E-state index contributed by atoms with van der Waals surface area (Å²) in [5, 5.41) is 12.2. The summed E-state index contributed by atoms with van der Waals surface area (Å²) in [7, 11) is 1.31. The molecule has 1 atom stereocenters. The molecule has 8 nitrogen and oxygen atoms in total. The number of thioether (sulfide) groups is 1. The number of methoxy groups -OCH3 is 1. The molecular weight excluding hydrogens is 479 g/mol. The molecule has 34 heavy (non-hydrogen) atoms. The molecule has 0 radical (unpaired) electrons. The number of carbonyl (C=O) groups excluding carboxylic acids is 2. The third kappa shape index (κ3) is 5.84. The number of hydrogen-bond acceptors (Lipinski definition) is 8. The van der Waals surface area contributed by atoms with Gasteiger partial charge in [-0.3, -0.25) is 9.36 Å². The van der Waals surface area contributed by atoms with Gasteiger partial charge in [0.1, 0.15) is 16.6 Å². The Morgan fingerprint density at radius 3 is 2.65 bits per heavy atom. The van der Waals surface area contributed by atoms with Crippen LogP contribution < -0.4 is 10.1 Å². The smallest absolute Gasteiger partial charge is 0.341 e. The van der Waals surface area contributed by atoms with Gasteiger partial charge in [-0.15, -0.1) is 28.1 Å². The zero-order valence-electron chi connectivity index (χ0n) is 19.3. The Bertz CT molecular complexity index is 1190. The van der Waals surface area contributed by atoms with E-state index in [9.17, 15) is 14.0 Å². The second kappa shape index (κ2) is 11.3. The highest BCUT2D eigenvalue weighted by Gasteiger charge is 2.23. The lowest BCUT2D eigenvalue weighted by atomic mass is 10.1. The lowest BCUT2D eigenvalue weighted by molar-refractivity contribution is -0.113. The topological polar surface area (TPSA) is 95.3 Å². The molecule has 2 aromatic heterocycles. The fourth-order valence-corrected chi connectivity index (χ4v) is 4.95. The molecule has 180 valence electrons. The van der Waals surface area contributed by atoms with Gasteiger partial charge >= 0.3 is 5.97 Å². The number of esters is 1. The van der Waals surface area contributed by atoms with Crippen molar-refractivity contribution >= 4 is 40.0 Å². The third-order valence-corrected chi connectivity index (χ3v) is 7.00. The number of allylic oxidation sites excluding steroid dienone is 1. The number of rotatable bonds is 10. The van der Waals surface area contributed by atoms with Crippen LogP contribution in [0, 0.1) is 19.7 Å². The van der Waals surface area contributed by atoms with E-state index in [4.69, 9.17) is 9.47 Å². The van der Waals surface area contributed by atoms with Gasteiger partial charge in [-0.25, -0.2) is 9.18 Å². The van der Waals surface area contributed by atoms with Crippen molar-refractivity contribution in [1.82, 2.24) is 14.8 Å². The van der Waals surface area contributed by atoms with Crippen molar-refractivity contribution in [3.63, 3.8) is 0 Å². The van der Waals surface area contributed by atoms with Crippen LogP contribution in [0.1, 0.15) is 39.7 Å². The van der Waals surface area contributed by atoms with Crippen molar-refractivity contribution in [3.05, 3.63) is 64.6 Å². The monoisotopic (exact) mass is 504 g/mol. The summed E-state index contributed by atoms with van der Waals surface area (Å²) in [5.41, 5.74) is 1.15. The van der Waals surface area contributed by atoms with E-state index in [1.165, 1.54) is 54.5 Å². The SMILES string of the molecule is C=CCn1c(SCC(=O)Nc2sc(C)c(C)c2C(=O)OC)nnc1C(C)Oc1ccc(F)cc1. The summed E-state index contributed by atoms with van der Waals surface area (Å²) < 4.78 is 25.7. The fourth-order valence-electron chi connectivity index (χ4n) is 3.13. The number of ether oxygens (including phenoxy) is 2. The van der Waals surface area contributed by atoms with Crippen molar-refractivity contribution < 1.29 is 23.5 Å². The first-order valence-corrected chi connectivity index (χ1v) is 12.1. The zero-order valence-corrected chi connectivity index (χ0v) is 20.9. The first-order chi connectivity index (χ1) is 16.2. The Kier molecular flexibility index (Phi) is 8.46. The highest BCUT2D eigenvalue weighted by Crippen LogP contribution is 2.33. The number of amides is 1. The molecule has 0 saturated carbocycles. The molecule has 0 bridgehead atoms. The molecule has 1 unspecified atom stereocenters. The highest BCUT2D eigenvalue weighted by molar-refractivity contribution is 7.99. The van der Waals surface area contributed by atoms with Gasteiger partial charge in [0.05, 0.1) is 18.4 Å². The van der Waals surface area contributed by atoms with E-state index < -0.39 is 12.1 Å². The molecule has 11 heteroatoms. The summed E-state index contributed by atoms with van der Waals surface area (Å²) in [6, 6.07) is 5.71. The van der Waals surface area contributed by atoms with E-state index in [1.54, 1.807) is 10.6 Å². The zero-order chi connectivity index (χ0) is 24.8. The summed E-state index contributed by atoms with van der Waals surface area (Å²) in [4.78, 5) is 25.7. The lowest BCUT2D eigenvalue weighted by Gasteiger charge is -2.15. The molecule has 2 heterocycles. The Morgan fingerprint density at radius 2 is 2.00 bits per heavy atom. The molecule has 1 aromatic carbocycles. The molecule has 0 fully saturated rings. The fraction of sp³-hybridized carbons (Fsp3) is 0.304. The number of nitrogens with zero attached hydrogens (tertiary/aromatic N) is 3. The predicted octanol–water partition coefficient (Wildman–Crippen LogP) is 4.94. The maximum atomic E-state index is 13.2. The van der Waals surface area contributed by atoms with Crippen molar-refractivity contribution in [2.45, 2.75) is 38.6 Å². The van der Waals surface area contributed by atoms with Gasteiger partial charge in [0.15, 0.2) is 17.1 Å². The van der Waals surface area contributed by atoms with Crippen molar-refractivity contribution in [2.75, 3.05) is 18.2 Å². The predicted molar refractivity (Wildman–Crippen MR) is 130 cm³/mol. The molecule has 3 rings (SSSR count). The van der Waals surface area contributed by atoms with Crippen molar-refractivity contribution in [3.8, 4) is 5.75 Å². The van der Waals surface area contributed by atoms with Crippen LogP contribution in [0.15, 0.2) is 42.1 Å². The quantitative estimate of drug-likeness (QED) is 0.237. The first kappa shape index (κ1) is 25.4. The molecule has 0 aliphatic carbocycles. The van der Waals surface area contributed by atoms with Crippen LogP contribution in [-0.2, 0) is 16.1 Å². The van der Waals surface area contributed by atoms with Crippen LogP contribution >= 0.6 is 23.1 Å². The molecule has 0 aliphatic rings. The Hall–Kier alpha value is -3.18. The standard InChI is InChI=1S/C23H25FN4O4S2/c1-6-11-28-20(14(3)32-17-9-7-16(24)8-10-17)26-27-23(28)33-12-18(29)25-21-19(22(30)31-5)13(2)15(4)34-21/h6-10,14H,1,11-12H2,2-5H3,(H,25,29). The molecule has 1 N–H and O–H groups in total. The number of carbonyl (C=O) groups is 2. The van der Waals surface area contributed by atoms with Gasteiger partial charge in [0, 0.05) is 11.4 Å². The summed E-state index contributed by atoms with van der Waals surface area (Å²) in [6.07, 6.45) is 1.22. The van der Waals surface area contributed by atoms with Gasteiger partial charge in [0.2, 0.25) is 5.91 Å². The summed E-state index contributed by atoms with van der Waals surface area (Å²) >= 11 is 2.53. The van der Waals surface area contributed by atoms with Gasteiger partial charge in [-0.05, 0) is 50.6 Å². The van der Waals surface area contributed by atoms with Gasteiger partial charge in [-0.1, -0.05) is 17.8 Å². The molecular formula is C23H25FN4O4S2. The molecule has 3 aromatic rings. The molecule has 0 saturated heterocycles. The second-order valence-corrected chi connectivity index (χ2v) is 9.44. The first-order valence-electron chi connectivity index (χ1n) is 10.3. The number of aryl methyl sites for hydroxylation is 1. The van der Waals surface area contributed by atoms with E-state index in [0.717, 1.165) is 10.4 Å². The van der Waals surface area contributed by atoms with E-state index in [0.29, 0.717) is 33.8 Å². The molecule has 0 aliphatic heterocycles. The van der Waals surface area contributed by atoms with Crippen LogP contribution in [0.4, 0.5) is 9.39 Å². The Morgan fingerprint density at radius 1 is 1.29 bits per heavy atom. The minimum Gasteiger partial charge on any atom is -0.483 e. The average Bonchev–Trinajstić information content (AvgIpc) is 3.33. The second-order valence-electron chi connectivity index (χ2n) is 7.27. The van der Waals surface area contributed by atoms with Gasteiger partial charge in [0.25, 0.3) is 0 Å². The van der Waals surface area contributed by atoms with E-state index in [1.807, 2.05) is 20.8 Å². The summed E-state index contributed by atoms with van der Waals surface area (Å²) in [6.45, 7) is 9.70. The maximum Gasteiger partial charge on any atom is 0.341 e. The maximum absolute atomic E-state index is 13.2. The number of hydrogen-bond donors (Lipinski definition) is 1. The highest BCUT2D eigenvalue weighted by atomic mass is 32.2. The van der Waals surface area contributed by atoms with E-state index in [-0.39, 0.29) is 17.5 Å². The molecule has 0 spiro atoms. The number of nitrogens with one attached hydrogen (secondary N) is 1. The van der Waals surface area contributed by atoms with Crippen molar-refractivity contribution in [2.24, 2.45) is 0 Å². The van der Waals surface area contributed by atoms with Crippen LogP contribution in [0.25, 0.3) is 0 Å². The number of anilines is 1. The Labute approximate surface area is 205 Å². The lowest BCUT2D eigenvalue weighted by Crippen LogP contribution is -2.17. The molecule has 1 amide bonds. The van der Waals surface area contributed by atoms with Crippen LogP contribution in [0.5, 0.6) is 5.75 Å². The minimum atomic E-state index is -0.490. The number of benzene rings is 1. The average molecular weight is 505 g/mol. The number of aromatic nitrogens is 3. The van der Waals surface area contributed by atoms with E-state index >= 15 is 0 Å². The Balaban J connectivity index is 1.70. The normalized spacial score (nSPS) is 11.7. The van der Waals surface area contributed by atoms with Gasteiger partial charge < -0.3 is 14.8 Å². The number of halogens is 1. The summed E-state index contributed by atoms with van der Waals surface area (Å²) in [5.74, 6) is -0.0300. The van der Waals surface area contributed by atoms with Crippen LogP contribution in [-0.4, -0.2) is 39.5 Å². The largest absolute Gasteiger partial charge is 0.483 e. The number of thiophene rings is 1. The van der Waals surface area contributed by atoms with E-state index in [2.05, 4.69) is 22.1 Å². The van der Waals surface area contributed by atoms with Gasteiger partial charge in [-0.2, -0.15) is 0 Å². The van der Waals surface area contributed by atoms with Crippen LogP contribution in [0.3, 0.4) is 0 Å².